The Morgan fingerprint density at radius 2 is 1.73 bits per heavy atom. The number of nitrogens with one attached hydrogen (secondary N) is 2. The van der Waals surface area contributed by atoms with E-state index in [1.54, 1.807) is 48.5 Å². The molecule has 2 heterocycles. The van der Waals surface area contributed by atoms with Crippen molar-refractivity contribution in [1.29, 1.82) is 0 Å². The van der Waals surface area contributed by atoms with Crippen LogP contribution in [-0.2, 0) is 16.1 Å². The summed E-state index contributed by atoms with van der Waals surface area (Å²) in [5.41, 5.74) is -1.84. The SMILES string of the molecule is CCCCN1C(=O)N[C@]2(c3ccccc3)C(=O)Nc3ccccc3[C@]12O. The van der Waals surface area contributed by atoms with Gasteiger partial charge in [-0.3, -0.25) is 9.69 Å². The summed E-state index contributed by atoms with van der Waals surface area (Å²) in [5, 5.41) is 17.6. The Bertz CT molecular complexity index is 870. The van der Waals surface area contributed by atoms with Gasteiger partial charge in [0.15, 0.2) is 5.54 Å². The average molecular weight is 351 g/mol. The second-order valence-electron chi connectivity index (χ2n) is 6.72. The second kappa shape index (κ2) is 5.85. The zero-order valence-corrected chi connectivity index (χ0v) is 14.5. The van der Waals surface area contributed by atoms with Gasteiger partial charge in [0.25, 0.3) is 5.91 Å². The van der Waals surface area contributed by atoms with Crippen LogP contribution in [-0.4, -0.2) is 28.5 Å². The molecule has 2 aliphatic rings. The lowest BCUT2D eigenvalue weighted by Gasteiger charge is -2.47. The molecule has 3 amide bonds. The molecule has 0 spiro atoms. The molecule has 2 aromatic rings. The van der Waals surface area contributed by atoms with E-state index in [9.17, 15) is 14.7 Å². The van der Waals surface area contributed by atoms with Crippen molar-refractivity contribution in [3.05, 3.63) is 65.7 Å². The number of para-hydroxylation sites is 1. The largest absolute Gasteiger partial charge is 0.364 e. The fourth-order valence-corrected chi connectivity index (χ4v) is 4.01. The number of hydrogen-bond acceptors (Lipinski definition) is 3. The maximum atomic E-state index is 13.2. The Morgan fingerprint density at radius 3 is 2.46 bits per heavy atom. The van der Waals surface area contributed by atoms with Gasteiger partial charge >= 0.3 is 6.03 Å². The van der Waals surface area contributed by atoms with Crippen LogP contribution in [0.25, 0.3) is 0 Å². The van der Waals surface area contributed by atoms with E-state index in [1.807, 2.05) is 13.0 Å². The third-order valence-corrected chi connectivity index (χ3v) is 5.29. The molecule has 3 N–H and O–H groups in total. The highest BCUT2D eigenvalue weighted by atomic mass is 16.3. The Kier molecular flexibility index (Phi) is 3.73. The van der Waals surface area contributed by atoms with Crippen LogP contribution in [0, 0.1) is 0 Å². The molecular weight excluding hydrogens is 330 g/mol. The Labute approximate surface area is 151 Å². The van der Waals surface area contributed by atoms with Crippen molar-refractivity contribution in [2.75, 3.05) is 11.9 Å². The molecule has 2 aromatic carbocycles. The van der Waals surface area contributed by atoms with Gasteiger partial charge in [-0.15, -0.1) is 0 Å². The van der Waals surface area contributed by atoms with Gasteiger partial charge in [-0.1, -0.05) is 61.9 Å². The molecule has 0 radical (unpaired) electrons. The van der Waals surface area contributed by atoms with Gasteiger partial charge in [-0.2, -0.15) is 0 Å². The number of amides is 3. The highest BCUT2D eigenvalue weighted by molar-refractivity contribution is 6.07. The van der Waals surface area contributed by atoms with Crippen LogP contribution < -0.4 is 10.6 Å². The van der Waals surface area contributed by atoms with Gasteiger partial charge in [-0.05, 0) is 18.1 Å². The summed E-state index contributed by atoms with van der Waals surface area (Å²) in [4.78, 5) is 27.5. The van der Waals surface area contributed by atoms with Crippen LogP contribution in [0.4, 0.5) is 10.5 Å². The van der Waals surface area contributed by atoms with Crippen LogP contribution in [0.1, 0.15) is 30.9 Å². The third kappa shape index (κ3) is 1.96. The van der Waals surface area contributed by atoms with E-state index in [0.29, 0.717) is 23.4 Å². The van der Waals surface area contributed by atoms with Crippen LogP contribution in [0.2, 0.25) is 0 Å². The van der Waals surface area contributed by atoms with Gasteiger partial charge < -0.3 is 15.7 Å². The fourth-order valence-electron chi connectivity index (χ4n) is 4.01. The summed E-state index contributed by atoms with van der Waals surface area (Å²) in [6, 6.07) is 15.6. The number of rotatable bonds is 4. The number of unbranched alkanes of at least 4 members (excludes halogenated alkanes) is 1. The molecule has 0 bridgehead atoms. The first-order valence-electron chi connectivity index (χ1n) is 8.84. The fraction of sp³-hybridized carbons (Fsp3) is 0.300. The first kappa shape index (κ1) is 16.6. The predicted molar refractivity (Wildman–Crippen MR) is 97.2 cm³/mol. The number of anilines is 1. The molecule has 1 saturated heterocycles. The molecule has 2 aliphatic heterocycles. The van der Waals surface area contributed by atoms with E-state index < -0.39 is 23.2 Å². The first-order valence-corrected chi connectivity index (χ1v) is 8.84. The van der Waals surface area contributed by atoms with Crippen LogP contribution in [0.15, 0.2) is 54.6 Å². The summed E-state index contributed by atoms with van der Waals surface area (Å²) < 4.78 is 0. The number of fused-ring (bicyclic) bond motifs is 3. The quantitative estimate of drug-likeness (QED) is 0.792. The van der Waals surface area contributed by atoms with E-state index >= 15 is 0 Å². The normalized spacial score (nSPS) is 26.8. The van der Waals surface area contributed by atoms with Crippen molar-refractivity contribution in [3.63, 3.8) is 0 Å². The van der Waals surface area contributed by atoms with Crippen molar-refractivity contribution in [2.24, 2.45) is 0 Å². The van der Waals surface area contributed by atoms with Gasteiger partial charge in [0.05, 0.1) is 0 Å². The van der Waals surface area contributed by atoms with E-state index in [4.69, 9.17) is 0 Å². The van der Waals surface area contributed by atoms with Crippen molar-refractivity contribution in [3.8, 4) is 0 Å². The lowest BCUT2D eigenvalue weighted by Crippen LogP contribution is -2.65. The van der Waals surface area contributed by atoms with Crippen molar-refractivity contribution >= 4 is 17.6 Å². The number of urea groups is 1. The lowest BCUT2D eigenvalue weighted by molar-refractivity contribution is -0.155. The predicted octanol–water partition coefficient (Wildman–Crippen LogP) is 2.50. The summed E-state index contributed by atoms with van der Waals surface area (Å²) in [6.45, 7) is 2.37. The van der Waals surface area contributed by atoms with Crippen molar-refractivity contribution < 1.29 is 14.7 Å². The van der Waals surface area contributed by atoms with Crippen molar-refractivity contribution in [1.82, 2.24) is 10.2 Å². The summed E-state index contributed by atoms with van der Waals surface area (Å²) in [7, 11) is 0. The number of hydrogen-bond donors (Lipinski definition) is 3. The monoisotopic (exact) mass is 351 g/mol. The van der Waals surface area contributed by atoms with Crippen LogP contribution in [0.3, 0.4) is 0 Å². The maximum absolute atomic E-state index is 13.2. The lowest BCUT2D eigenvalue weighted by atomic mass is 9.73. The molecule has 134 valence electrons. The van der Waals surface area contributed by atoms with E-state index in [-0.39, 0.29) is 0 Å². The van der Waals surface area contributed by atoms with E-state index in [0.717, 1.165) is 12.8 Å². The van der Waals surface area contributed by atoms with Crippen molar-refractivity contribution in [2.45, 2.75) is 31.0 Å². The van der Waals surface area contributed by atoms with Crippen LogP contribution >= 0.6 is 0 Å². The Hall–Kier alpha value is -2.86. The minimum Gasteiger partial charge on any atom is -0.364 e. The minimum atomic E-state index is -1.81. The molecule has 6 heteroatoms. The Morgan fingerprint density at radius 1 is 1.04 bits per heavy atom. The molecule has 4 rings (SSSR count). The van der Waals surface area contributed by atoms with Gasteiger partial charge in [0, 0.05) is 17.8 Å². The molecule has 0 aromatic heterocycles. The van der Waals surface area contributed by atoms with E-state index in [2.05, 4.69) is 10.6 Å². The highest BCUT2D eigenvalue weighted by Crippen LogP contribution is 2.52. The highest BCUT2D eigenvalue weighted by Gasteiger charge is 2.70. The zero-order chi connectivity index (χ0) is 18.4. The summed E-state index contributed by atoms with van der Waals surface area (Å²) in [5.74, 6) is -0.447. The van der Waals surface area contributed by atoms with Gasteiger partial charge in [0.2, 0.25) is 5.72 Å². The molecule has 1 fully saturated rings. The molecular formula is C20H21N3O3. The minimum absolute atomic E-state index is 0.356. The number of aliphatic hydroxyl groups is 1. The number of carbonyl (C=O) groups is 2. The van der Waals surface area contributed by atoms with E-state index in [1.165, 1.54) is 4.90 Å². The molecule has 0 saturated carbocycles. The first-order chi connectivity index (χ1) is 12.6. The molecule has 0 aliphatic carbocycles. The van der Waals surface area contributed by atoms with Crippen LogP contribution in [0.5, 0.6) is 0 Å². The summed E-state index contributed by atoms with van der Waals surface area (Å²) in [6.07, 6.45) is 1.59. The smallest absolute Gasteiger partial charge is 0.321 e. The summed E-state index contributed by atoms with van der Waals surface area (Å²) >= 11 is 0. The number of nitrogens with zero attached hydrogens (tertiary/aromatic N) is 1. The van der Waals surface area contributed by atoms with Gasteiger partial charge in [0.1, 0.15) is 0 Å². The average Bonchev–Trinajstić information content (AvgIpc) is 2.90. The topological polar surface area (TPSA) is 81.7 Å². The standard InChI is InChI=1S/C20H21N3O3/c1-2-3-13-23-18(25)22-19(14-9-5-4-6-10-14)17(24)21-16-12-8-7-11-15(16)20(19,23)26/h4-12,26H,2-3,13H2,1H3,(H,21,24)(H,22,25)/t19-,20-/m1/s1. The molecule has 26 heavy (non-hydrogen) atoms. The molecule has 2 atom stereocenters. The molecule has 6 nitrogen and oxygen atoms in total. The maximum Gasteiger partial charge on any atom is 0.321 e. The molecule has 0 unspecified atom stereocenters. The Balaban J connectivity index is 2.00. The second-order valence-corrected chi connectivity index (χ2v) is 6.72. The zero-order valence-electron chi connectivity index (χ0n) is 14.5. The van der Waals surface area contributed by atoms with Gasteiger partial charge in [-0.25, -0.2) is 4.79 Å². The number of carbonyl (C=O) groups excluding carboxylic acids is 2. The third-order valence-electron chi connectivity index (χ3n) is 5.29. The number of benzene rings is 2.